The number of benzene rings is 2. The molecule has 2 aromatic heterocycles. The number of aryl methyl sites for hydroxylation is 2. The van der Waals surface area contributed by atoms with E-state index < -0.39 is 0 Å². The van der Waals surface area contributed by atoms with Crippen LogP contribution in [0.1, 0.15) is 45.4 Å². The molecule has 4 nitrogen and oxygen atoms in total. The molecule has 0 aliphatic heterocycles. The van der Waals surface area contributed by atoms with Crippen molar-refractivity contribution >= 4 is 33.7 Å². The highest BCUT2D eigenvalue weighted by Gasteiger charge is 2.25. The summed E-state index contributed by atoms with van der Waals surface area (Å²) in [4.78, 5) is 6.84. The van der Waals surface area contributed by atoms with E-state index in [0.717, 1.165) is 12.0 Å². The van der Waals surface area contributed by atoms with Crippen LogP contribution in [0.15, 0.2) is 71.7 Å². The maximum atomic E-state index is 4.64. The summed E-state index contributed by atoms with van der Waals surface area (Å²) >= 11 is 0. The molecule has 0 aliphatic carbocycles. The predicted octanol–water partition coefficient (Wildman–Crippen LogP) is 5.84. The van der Waals surface area contributed by atoms with Gasteiger partial charge in [-0.3, -0.25) is 4.99 Å². The highest BCUT2D eigenvalue weighted by atomic mass is 15.1. The van der Waals surface area contributed by atoms with Crippen molar-refractivity contribution in [2.45, 2.75) is 39.7 Å². The molecule has 0 saturated heterocycles. The van der Waals surface area contributed by atoms with Crippen LogP contribution in [-0.2, 0) is 14.1 Å². The lowest BCUT2D eigenvalue weighted by molar-refractivity contribution is -0.661. The Bertz CT molecular complexity index is 1440. The van der Waals surface area contributed by atoms with Crippen LogP contribution in [-0.4, -0.2) is 30.7 Å². The predicted molar refractivity (Wildman–Crippen MR) is 149 cm³/mol. The van der Waals surface area contributed by atoms with E-state index in [9.17, 15) is 0 Å². The first-order chi connectivity index (χ1) is 16.6. The number of pyridine rings is 2. The summed E-state index contributed by atoms with van der Waals surface area (Å²) in [5, 5.41) is 2.47. The number of hydrogen-bond donors (Lipinski definition) is 0. The van der Waals surface area contributed by atoms with Gasteiger partial charge in [-0.25, -0.2) is 0 Å². The number of allylic oxidation sites excluding steroid dienone is 1. The number of aliphatic imine (C=N–C) groups is 1. The van der Waals surface area contributed by atoms with Gasteiger partial charge in [0, 0.05) is 38.0 Å². The van der Waals surface area contributed by atoms with Gasteiger partial charge in [0.2, 0.25) is 11.4 Å². The molecule has 2 heterocycles. The molecule has 2 aromatic carbocycles. The van der Waals surface area contributed by atoms with E-state index in [2.05, 4.69) is 142 Å². The Morgan fingerprint density at radius 1 is 0.829 bits per heavy atom. The number of rotatable bonds is 5. The monoisotopic (exact) mass is 466 g/mol. The zero-order chi connectivity index (χ0) is 25.3. The van der Waals surface area contributed by atoms with Gasteiger partial charge in [0.1, 0.15) is 19.8 Å². The molecule has 0 spiro atoms. The van der Waals surface area contributed by atoms with Gasteiger partial charge in [-0.2, -0.15) is 9.13 Å². The van der Waals surface area contributed by atoms with Crippen LogP contribution in [0, 0.1) is 0 Å². The quantitative estimate of drug-likeness (QED) is 0.206. The van der Waals surface area contributed by atoms with Crippen molar-refractivity contribution in [3.63, 3.8) is 0 Å². The van der Waals surface area contributed by atoms with Crippen LogP contribution >= 0.6 is 0 Å². The van der Waals surface area contributed by atoms with Crippen LogP contribution in [0.2, 0.25) is 0 Å². The summed E-state index contributed by atoms with van der Waals surface area (Å²) in [5.74, 6) is 0. The minimum Gasteiger partial charge on any atom is -0.373 e. The smallest absolute Gasteiger partial charge is 0.285 e. The third kappa shape index (κ3) is 4.97. The molecule has 0 radical (unpaired) electrons. The summed E-state index contributed by atoms with van der Waals surface area (Å²) in [6, 6.07) is 22.1. The molecular weight excluding hydrogens is 428 g/mol. The summed E-state index contributed by atoms with van der Waals surface area (Å²) in [6.45, 7) is 8.53. The fraction of sp³-hybridized carbons (Fsp3) is 0.323. The number of aromatic nitrogens is 2. The molecule has 0 amide bonds. The Hall–Kier alpha value is -3.53. The van der Waals surface area contributed by atoms with Crippen LogP contribution in [0.3, 0.4) is 0 Å². The lowest BCUT2D eigenvalue weighted by Crippen LogP contribution is -2.40. The summed E-state index contributed by atoms with van der Waals surface area (Å²) in [5.41, 5.74) is 8.35. The first-order valence-corrected chi connectivity index (χ1v) is 12.4. The maximum absolute atomic E-state index is 4.64. The molecule has 0 N–H and O–H groups in total. The van der Waals surface area contributed by atoms with Gasteiger partial charge in [0.15, 0.2) is 0 Å². The zero-order valence-corrected chi connectivity index (χ0v) is 22.4. The molecule has 0 fully saturated rings. The largest absolute Gasteiger partial charge is 0.373 e. The van der Waals surface area contributed by atoms with Crippen LogP contribution in [0.25, 0.3) is 38.8 Å². The summed E-state index contributed by atoms with van der Waals surface area (Å²) < 4.78 is 4.67. The highest BCUT2D eigenvalue weighted by Crippen LogP contribution is 2.26. The van der Waals surface area contributed by atoms with E-state index in [-0.39, 0.29) is 5.54 Å². The average molecular weight is 467 g/mol. The second-order valence-electron chi connectivity index (χ2n) is 10.4. The molecule has 0 atom stereocenters. The normalized spacial score (nSPS) is 12.7. The van der Waals surface area contributed by atoms with Crippen LogP contribution in [0.5, 0.6) is 0 Å². The van der Waals surface area contributed by atoms with E-state index in [1.807, 2.05) is 6.21 Å². The standard InChI is InChI=1S/C31H38N4/c1-9-10-27(33(5)6)28-20-18-25-16-15-24-17-19-26(34(7)29(24)30(25)35(28)8)23-13-11-22(12-14-23)21-32-31(2,3)4/h10-21H,9H2,1-8H3/q+2/b27-10-,32-21?. The van der Waals surface area contributed by atoms with Gasteiger partial charge in [-0.1, -0.05) is 25.1 Å². The second-order valence-corrected chi connectivity index (χ2v) is 10.4. The van der Waals surface area contributed by atoms with Crippen molar-refractivity contribution < 1.29 is 9.13 Å². The Morgan fingerprint density at radius 3 is 1.97 bits per heavy atom. The molecule has 4 heteroatoms. The molecule has 4 aromatic rings. The first kappa shape index (κ1) is 24.6. The Balaban J connectivity index is 1.90. The van der Waals surface area contributed by atoms with Gasteiger partial charge >= 0.3 is 0 Å². The molecule has 0 saturated carbocycles. The van der Waals surface area contributed by atoms with Crippen LogP contribution < -0.4 is 9.13 Å². The van der Waals surface area contributed by atoms with Crippen molar-refractivity contribution in [3.8, 4) is 11.3 Å². The topological polar surface area (TPSA) is 23.4 Å². The summed E-state index contributed by atoms with van der Waals surface area (Å²) in [6.07, 6.45) is 5.25. The van der Waals surface area contributed by atoms with E-state index in [0.29, 0.717) is 0 Å². The van der Waals surface area contributed by atoms with Crippen LogP contribution in [0.4, 0.5) is 0 Å². The fourth-order valence-electron chi connectivity index (χ4n) is 4.65. The molecule has 0 bridgehead atoms. The third-order valence-corrected chi connectivity index (χ3v) is 6.40. The molecule has 0 unspecified atom stereocenters. The van der Waals surface area contributed by atoms with Crippen molar-refractivity contribution in [3.05, 3.63) is 78.0 Å². The van der Waals surface area contributed by atoms with Gasteiger partial charge in [-0.05, 0) is 69.2 Å². The molecule has 0 aliphatic rings. The lowest BCUT2D eigenvalue weighted by Gasteiger charge is -2.16. The first-order valence-electron chi connectivity index (χ1n) is 12.4. The molecule has 35 heavy (non-hydrogen) atoms. The van der Waals surface area contributed by atoms with Crippen molar-refractivity contribution in [2.24, 2.45) is 19.1 Å². The Morgan fingerprint density at radius 2 is 1.40 bits per heavy atom. The SMILES string of the molecule is CC/C=C(/c1ccc2ccc3ccc(-c4ccc(C=NC(C)(C)C)cc4)[n+](C)c3c2[n+]1C)N(C)C. The number of hydrogen-bond acceptors (Lipinski definition) is 2. The lowest BCUT2D eigenvalue weighted by atomic mass is 10.0. The molecule has 4 rings (SSSR count). The number of nitrogens with zero attached hydrogens (tertiary/aromatic N) is 4. The Kier molecular flexibility index (Phi) is 6.75. The Labute approximate surface area is 209 Å². The van der Waals surface area contributed by atoms with Crippen molar-refractivity contribution in [1.82, 2.24) is 4.90 Å². The van der Waals surface area contributed by atoms with Gasteiger partial charge in [0.25, 0.3) is 11.0 Å². The van der Waals surface area contributed by atoms with E-state index >= 15 is 0 Å². The van der Waals surface area contributed by atoms with Gasteiger partial charge in [-0.15, -0.1) is 0 Å². The average Bonchev–Trinajstić information content (AvgIpc) is 2.81. The second kappa shape index (κ2) is 9.61. The van der Waals surface area contributed by atoms with Gasteiger partial charge in [0.05, 0.1) is 16.3 Å². The minimum absolute atomic E-state index is 0.0718. The van der Waals surface area contributed by atoms with E-state index in [1.54, 1.807) is 0 Å². The molecular formula is C31H38N4+2. The van der Waals surface area contributed by atoms with Crippen molar-refractivity contribution in [2.75, 3.05) is 14.1 Å². The third-order valence-electron chi connectivity index (χ3n) is 6.40. The maximum Gasteiger partial charge on any atom is 0.285 e. The van der Waals surface area contributed by atoms with Gasteiger partial charge < -0.3 is 4.90 Å². The van der Waals surface area contributed by atoms with Crippen molar-refractivity contribution in [1.29, 1.82) is 0 Å². The number of fused-ring (bicyclic) bond motifs is 3. The molecule has 180 valence electrons. The van der Waals surface area contributed by atoms with E-state index in [1.165, 1.54) is 44.5 Å². The van der Waals surface area contributed by atoms with E-state index in [4.69, 9.17) is 0 Å². The highest BCUT2D eigenvalue weighted by molar-refractivity contribution is 5.99. The fourth-order valence-corrected chi connectivity index (χ4v) is 4.65. The minimum atomic E-state index is -0.0718. The summed E-state index contributed by atoms with van der Waals surface area (Å²) in [7, 11) is 8.58. The zero-order valence-electron chi connectivity index (χ0n) is 22.4.